The van der Waals surface area contributed by atoms with E-state index in [1.54, 1.807) is 0 Å². The zero-order valence-electron chi connectivity index (χ0n) is 34.5. The number of hydrogen-bond donors (Lipinski definition) is 0. The normalized spacial score (nSPS) is 13.8. The van der Waals surface area contributed by atoms with E-state index in [0.29, 0.717) is 0 Å². The number of aromatic nitrogens is 1. The van der Waals surface area contributed by atoms with Gasteiger partial charge >= 0.3 is 0 Å². The molecule has 3 heteroatoms. The SMILES string of the molecule is C[Si]1(C)c2cc(C3=c4sc5ccccc5c4=CC#CC3)ccc2-c2ccc(-n3c4ccc(-c5cccc6ccccc56)cc4c4cc(-c5cccc6ccccc56)ccc43)cc21. The molecular weight excluding hydrogens is 783 g/mol. The molecule has 2 aliphatic rings. The van der Waals surface area contributed by atoms with Gasteiger partial charge in [0.25, 0.3) is 0 Å². The molecule has 1 aliphatic heterocycles. The molecule has 0 saturated carbocycles. The van der Waals surface area contributed by atoms with Gasteiger partial charge in [-0.05, 0) is 125 Å². The Morgan fingerprint density at radius 3 is 1.73 bits per heavy atom. The molecule has 1 aliphatic carbocycles. The number of benzene rings is 9. The maximum Gasteiger partial charge on any atom is 0.113 e. The molecule has 11 aromatic rings. The van der Waals surface area contributed by atoms with Crippen molar-refractivity contribution in [3.8, 4) is 50.9 Å². The Bertz CT molecular complexity index is 3790. The number of hydrogen-bond acceptors (Lipinski definition) is 1. The summed E-state index contributed by atoms with van der Waals surface area (Å²) in [4.78, 5) is 0. The number of fused-ring (bicyclic) bond motifs is 11. The summed E-state index contributed by atoms with van der Waals surface area (Å²) in [5.41, 5.74) is 14.1. The lowest BCUT2D eigenvalue weighted by molar-refractivity contribution is 1.18. The summed E-state index contributed by atoms with van der Waals surface area (Å²) in [6.07, 6.45) is 2.89. The molecule has 0 radical (unpaired) electrons. The van der Waals surface area contributed by atoms with Gasteiger partial charge < -0.3 is 4.57 Å². The predicted molar refractivity (Wildman–Crippen MR) is 269 cm³/mol. The third-order valence-corrected chi connectivity index (χ3v) is 18.5. The lowest BCUT2D eigenvalue weighted by atomic mass is 9.95. The smallest absolute Gasteiger partial charge is 0.113 e. The molecule has 0 unspecified atom stereocenters. The Labute approximate surface area is 365 Å². The van der Waals surface area contributed by atoms with Gasteiger partial charge in [-0.25, -0.2) is 0 Å². The maximum absolute atomic E-state index is 3.46. The zero-order chi connectivity index (χ0) is 41.1. The number of thiophene rings is 1. The van der Waals surface area contributed by atoms with Gasteiger partial charge in [0.15, 0.2) is 0 Å². The minimum Gasteiger partial charge on any atom is -0.309 e. The molecule has 2 aromatic heterocycles. The van der Waals surface area contributed by atoms with Crippen molar-refractivity contribution in [2.75, 3.05) is 0 Å². The molecule has 62 heavy (non-hydrogen) atoms. The summed E-state index contributed by atoms with van der Waals surface area (Å²) in [6, 6.07) is 68.4. The monoisotopic (exact) mass is 821 g/mol. The fraction of sp³-hybridized carbons (Fsp3) is 0.0508. The third kappa shape index (κ3) is 5.21. The quantitative estimate of drug-likeness (QED) is 0.123. The van der Waals surface area contributed by atoms with Crippen LogP contribution in [0.25, 0.3) is 104 Å². The molecule has 0 amide bonds. The van der Waals surface area contributed by atoms with Crippen LogP contribution >= 0.6 is 11.3 Å². The van der Waals surface area contributed by atoms with E-state index in [-0.39, 0.29) is 0 Å². The van der Waals surface area contributed by atoms with Crippen molar-refractivity contribution in [1.82, 2.24) is 4.57 Å². The maximum atomic E-state index is 3.46. The van der Waals surface area contributed by atoms with E-state index in [2.05, 4.69) is 218 Å². The highest BCUT2D eigenvalue weighted by molar-refractivity contribution is 7.17. The summed E-state index contributed by atoms with van der Waals surface area (Å²) < 4.78 is 5.19. The number of rotatable bonds is 4. The third-order valence-electron chi connectivity index (χ3n) is 13.7. The van der Waals surface area contributed by atoms with Crippen LogP contribution in [0.3, 0.4) is 0 Å². The van der Waals surface area contributed by atoms with Crippen molar-refractivity contribution in [2.45, 2.75) is 19.5 Å². The van der Waals surface area contributed by atoms with Gasteiger partial charge in [0.2, 0.25) is 0 Å². The summed E-state index contributed by atoms with van der Waals surface area (Å²) >= 11 is 1.90. The molecule has 0 N–H and O–H groups in total. The second kappa shape index (κ2) is 13.4. The molecule has 3 heterocycles. The first-order valence-electron chi connectivity index (χ1n) is 21.5. The topological polar surface area (TPSA) is 4.93 Å². The summed E-state index contributed by atoms with van der Waals surface area (Å²) in [6.45, 7) is 5.08. The van der Waals surface area contributed by atoms with Gasteiger partial charge in [-0.15, -0.1) is 11.3 Å². The summed E-state index contributed by atoms with van der Waals surface area (Å²) in [5.74, 6) is 6.83. The molecular formula is C59H39NSSi. The fourth-order valence-electron chi connectivity index (χ4n) is 10.7. The molecule has 0 atom stereocenters. The second-order valence-electron chi connectivity index (χ2n) is 17.4. The summed E-state index contributed by atoms with van der Waals surface area (Å²) in [5, 5.41) is 13.2. The molecule has 13 rings (SSSR count). The van der Waals surface area contributed by atoms with Gasteiger partial charge in [0, 0.05) is 42.7 Å². The fourth-order valence-corrected chi connectivity index (χ4v) is 15.0. The molecule has 9 aromatic carbocycles. The molecule has 0 fully saturated rings. The van der Waals surface area contributed by atoms with Crippen molar-refractivity contribution < 1.29 is 0 Å². The van der Waals surface area contributed by atoms with Gasteiger partial charge in [0.05, 0.1) is 11.0 Å². The first kappa shape index (κ1) is 35.5. The second-order valence-corrected chi connectivity index (χ2v) is 22.8. The minimum absolute atomic E-state index is 0.756. The lowest BCUT2D eigenvalue weighted by Gasteiger charge is -2.21. The van der Waals surface area contributed by atoms with E-state index in [4.69, 9.17) is 0 Å². The van der Waals surface area contributed by atoms with Crippen molar-refractivity contribution >= 4 is 94.9 Å². The Kier molecular flexibility index (Phi) is 7.67. The highest BCUT2D eigenvalue weighted by atomic mass is 32.1. The van der Waals surface area contributed by atoms with E-state index in [1.165, 1.54) is 124 Å². The van der Waals surface area contributed by atoms with Crippen LogP contribution < -0.4 is 20.1 Å². The van der Waals surface area contributed by atoms with Crippen molar-refractivity contribution in [3.05, 3.63) is 197 Å². The van der Waals surface area contributed by atoms with Gasteiger partial charge in [-0.2, -0.15) is 0 Å². The number of nitrogens with zero attached hydrogens (tertiary/aromatic N) is 1. The Balaban J connectivity index is 0.990. The molecule has 1 nitrogen and oxygen atoms in total. The Hall–Kier alpha value is -7.22. The van der Waals surface area contributed by atoms with Crippen LogP contribution in [-0.2, 0) is 0 Å². The zero-order valence-corrected chi connectivity index (χ0v) is 36.3. The largest absolute Gasteiger partial charge is 0.309 e. The predicted octanol–water partition coefficient (Wildman–Crippen LogP) is 12.8. The highest BCUT2D eigenvalue weighted by Crippen LogP contribution is 2.41. The van der Waals surface area contributed by atoms with Crippen LogP contribution in [0.1, 0.15) is 12.0 Å². The van der Waals surface area contributed by atoms with E-state index in [0.717, 1.165) is 6.42 Å². The first-order valence-corrected chi connectivity index (χ1v) is 25.4. The van der Waals surface area contributed by atoms with E-state index >= 15 is 0 Å². The van der Waals surface area contributed by atoms with Gasteiger partial charge in [0.1, 0.15) is 8.07 Å². The molecule has 290 valence electrons. The van der Waals surface area contributed by atoms with Gasteiger partial charge in [-0.3, -0.25) is 0 Å². The van der Waals surface area contributed by atoms with Gasteiger partial charge in [-0.1, -0.05) is 164 Å². The standard InChI is InChI=1S/C59H39NSSi/c1-62(2)57-35-41(47-19-7-8-21-51-48-20-9-10-24-56(48)61-59(47)51)25-29-49(57)50-30-28-42(36-58(50)62)60-54-31-26-39(45-22-11-15-37-13-3-5-17-43(37)45)33-52(54)53-34-40(27-32-55(53)60)46-23-12-16-38-14-4-6-18-44(38)46/h3-6,9-18,20-36H,19H2,1-2H3. The Morgan fingerprint density at radius 1 is 0.484 bits per heavy atom. The molecule has 0 bridgehead atoms. The van der Waals surface area contributed by atoms with Crippen LogP contribution in [0.15, 0.2) is 182 Å². The van der Waals surface area contributed by atoms with Crippen LogP contribution in [0.2, 0.25) is 13.1 Å². The molecule has 0 spiro atoms. The average Bonchev–Trinajstić information content (AvgIpc) is 3.85. The van der Waals surface area contributed by atoms with Crippen molar-refractivity contribution in [3.63, 3.8) is 0 Å². The average molecular weight is 822 g/mol. The Morgan fingerprint density at radius 2 is 1.05 bits per heavy atom. The van der Waals surface area contributed by atoms with Crippen LogP contribution in [0, 0.1) is 11.8 Å². The van der Waals surface area contributed by atoms with Crippen LogP contribution in [-0.4, -0.2) is 12.6 Å². The van der Waals surface area contributed by atoms with Crippen LogP contribution in [0.4, 0.5) is 0 Å². The van der Waals surface area contributed by atoms with Crippen molar-refractivity contribution in [1.29, 1.82) is 0 Å². The molecule has 0 saturated heterocycles. The van der Waals surface area contributed by atoms with E-state index in [1.807, 2.05) is 11.3 Å². The minimum atomic E-state index is -2.12. The van der Waals surface area contributed by atoms with E-state index in [9.17, 15) is 0 Å². The summed E-state index contributed by atoms with van der Waals surface area (Å²) in [7, 11) is -2.12. The van der Waals surface area contributed by atoms with Crippen molar-refractivity contribution in [2.24, 2.45) is 0 Å². The lowest BCUT2D eigenvalue weighted by Crippen LogP contribution is -2.49. The van der Waals surface area contributed by atoms with E-state index < -0.39 is 8.07 Å². The highest BCUT2D eigenvalue weighted by Gasteiger charge is 2.38. The first-order chi connectivity index (χ1) is 30.5. The van der Waals surface area contributed by atoms with Crippen LogP contribution in [0.5, 0.6) is 0 Å².